The molecule has 1 atom stereocenters. The number of carbonyl (C=O) groups is 2. The predicted molar refractivity (Wildman–Crippen MR) is 145 cm³/mol. The number of nitrogens with zero attached hydrogens (tertiary/aromatic N) is 1. The van der Waals surface area contributed by atoms with Crippen molar-refractivity contribution in [2.75, 3.05) is 26.7 Å². The minimum Gasteiger partial charge on any atom is -0.403 e. The van der Waals surface area contributed by atoms with Gasteiger partial charge in [-0.2, -0.15) is 0 Å². The number of piperidine rings is 1. The monoisotopic (exact) mass is 495 g/mol. The van der Waals surface area contributed by atoms with Gasteiger partial charge in [-0.3, -0.25) is 9.59 Å². The van der Waals surface area contributed by atoms with Gasteiger partial charge in [0.15, 0.2) is 0 Å². The van der Waals surface area contributed by atoms with Gasteiger partial charge in [0.05, 0.1) is 5.70 Å². The fourth-order valence-electron chi connectivity index (χ4n) is 4.15. The maximum atomic E-state index is 13.2. The average molecular weight is 496 g/mol. The van der Waals surface area contributed by atoms with Crippen LogP contribution >= 0.6 is 0 Å². The number of amides is 2. The molecule has 1 saturated heterocycles. The molecule has 0 radical (unpaired) electrons. The standard InChI is InChI=1S/C28H41N5O3/c1-19(5-7-21(3)30)22-11-14-33(15-12-22)28(36)23-8-6-20(2)26(17-23)27(35)32-25(18-29)10-9-24(31-4)13-16-34/h5-10,17-18,22,24,31,34H,11-16,29-30H2,1-4H3,(H,32,35)/b10-9-,19-5+,21-7+,25-18+. The number of carbonyl (C=O) groups excluding carboxylic acids is 2. The van der Waals surface area contributed by atoms with Crippen molar-refractivity contribution in [3.63, 3.8) is 0 Å². The molecule has 0 aromatic heterocycles. The van der Waals surface area contributed by atoms with Gasteiger partial charge in [0.25, 0.3) is 11.8 Å². The molecule has 8 heteroatoms. The van der Waals surface area contributed by atoms with Crippen molar-refractivity contribution in [1.29, 1.82) is 0 Å². The van der Waals surface area contributed by atoms with E-state index >= 15 is 0 Å². The molecule has 1 fully saturated rings. The van der Waals surface area contributed by atoms with E-state index in [1.807, 2.05) is 30.9 Å². The number of hydrogen-bond acceptors (Lipinski definition) is 6. The van der Waals surface area contributed by atoms with Crippen molar-refractivity contribution in [1.82, 2.24) is 15.5 Å². The normalized spacial score (nSPS) is 16.9. The molecule has 2 amide bonds. The smallest absolute Gasteiger partial charge is 0.255 e. The number of nitrogens with one attached hydrogen (secondary N) is 2. The number of hydrogen-bond donors (Lipinski definition) is 5. The Morgan fingerprint density at radius 1 is 1.22 bits per heavy atom. The lowest BCUT2D eigenvalue weighted by Gasteiger charge is -2.32. The van der Waals surface area contributed by atoms with Crippen LogP contribution in [-0.4, -0.2) is 54.6 Å². The summed E-state index contributed by atoms with van der Waals surface area (Å²) >= 11 is 0. The Kier molecular flexibility index (Phi) is 11.4. The van der Waals surface area contributed by atoms with Crippen LogP contribution in [0.3, 0.4) is 0 Å². The zero-order valence-corrected chi connectivity index (χ0v) is 21.9. The largest absolute Gasteiger partial charge is 0.403 e. The lowest BCUT2D eigenvalue weighted by atomic mass is 9.89. The molecule has 2 rings (SSSR count). The molecule has 1 unspecified atom stereocenters. The minimum absolute atomic E-state index is 0.0448. The van der Waals surface area contributed by atoms with E-state index in [4.69, 9.17) is 16.6 Å². The van der Waals surface area contributed by atoms with Crippen LogP contribution in [0.25, 0.3) is 0 Å². The zero-order valence-electron chi connectivity index (χ0n) is 21.9. The third-order valence-corrected chi connectivity index (χ3v) is 6.52. The van der Waals surface area contributed by atoms with Gasteiger partial charge in [0.2, 0.25) is 0 Å². The highest BCUT2D eigenvalue weighted by Gasteiger charge is 2.25. The molecule has 0 aliphatic carbocycles. The van der Waals surface area contributed by atoms with Gasteiger partial charge in [-0.25, -0.2) is 0 Å². The van der Waals surface area contributed by atoms with Crippen LogP contribution < -0.4 is 22.1 Å². The summed E-state index contributed by atoms with van der Waals surface area (Å²) in [7, 11) is 1.79. The van der Waals surface area contributed by atoms with Crippen LogP contribution in [0.2, 0.25) is 0 Å². The number of nitrogens with two attached hydrogens (primary N) is 2. The summed E-state index contributed by atoms with van der Waals surface area (Å²) in [5.41, 5.74) is 15.6. The first-order valence-electron chi connectivity index (χ1n) is 12.4. The highest BCUT2D eigenvalue weighted by molar-refractivity contribution is 6.01. The molecule has 1 heterocycles. The number of aliphatic hydroxyl groups excluding tert-OH is 1. The molecular weight excluding hydrogens is 454 g/mol. The van der Waals surface area contributed by atoms with Gasteiger partial charge in [0.1, 0.15) is 0 Å². The van der Waals surface area contributed by atoms with E-state index in [0.717, 1.165) is 24.1 Å². The Balaban J connectivity index is 2.08. The van der Waals surface area contributed by atoms with Gasteiger partial charge in [-0.15, -0.1) is 0 Å². The summed E-state index contributed by atoms with van der Waals surface area (Å²) in [5, 5.41) is 15.0. The van der Waals surface area contributed by atoms with Gasteiger partial charge >= 0.3 is 0 Å². The lowest BCUT2D eigenvalue weighted by molar-refractivity contribution is 0.0702. The Labute approximate surface area is 214 Å². The number of likely N-dealkylation sites (N-methyl/N-ethyl adjacent to an activating group) is 1. The first-order valence-corrected chi connectivity index (χ1v) is 12.4. The second kappa shape index (κ2) is 14.3. The van der Waals surface area contributed by atoms with E-state index in [1.165, 1.54) is 11.8 Å². The summed E-state index contributed by atoms with van der Waals surface area (Å²) in [6.07, 6.45) is 11.2. The quantitative estimate of drug-likeness (QED) is 0.317. The number of aliphatic hydroxyl groups is 1. The maximum Gasteiger partial charge on any atom is 0.255 e. The molecule has 1 aromatic rings. The van der Waals surface area contributed by atoms with Crippen LogP contribution in [0.4, 0.5) is 0 Å². The fourth-order valence-corrected chi connectivity index (χ4v) is 4.15. The Hall–Kier alpha value is -3.36. The van der Waals surface area contributed by atoms with Crippen LogP contribution in [0.15, 0.2) is 65.7 Å². The molecule has 1 aromatic carbocycles. The molecule has 196 valence electrons. The summed E-state index contributed by atoms with van der Waals surface area (Å²) in [6.45, 7) is 7.19. The van der Waals surface area contributed by atoms with Crippen molar-refractivity contribution in [2.45, 2.75) is 46.1 Å². The Morgan fingerprint density at radius 2 is 1.92 bits per heavy atom. The lowest BCUT2D eigenvalue weighted by Crippen LogP contribution is -2.38. The van der Waals surface area contributed by atoms with E-state index in [2.05, 4.69) is 23.6 Å². The highest BCUT2D eigenvalue weighted by atomic mass is 16.3. The van der Waals surface area contributed by atoms with Crippen molar-refractivity contribution in [2.24, 2.45) is 17.4 Å². The van der Waals surface area contributed by atoms with E-state index in [0.29, 0.717) is 42.3 Å². The topological polar surface area (TPSA) is 134 Å². The van der Waals surface area contributed by atoms with Gasteiger partial charge in [-0.05, 0) is 82.8 Å². The zero-order chi connectivity index (χ0) is 26.7. The predicted octanol–water partition coefficient (Wildman–Crippen LogP) is 2.71. The molecule has 8 nitrogen and oxygen atoms in total. The van der Waals surface area contributed by atoms with Gasteiger partial charge in [-0.1, -0.05) is 23.8 Å². The Bertz CT molecular complexity index is 1030. The second-order valence-corrected chi connectivity index (χ2v) is 9.26. The first-order chi connectivity index (χ1) is 17.2. The van der Waals surface area contributed by atoms with E-state index in [-0.39, 0.29) is 24.5 Å². The van der Waals surface area contributed by atoms with Gasteiger partial charge < -0.3 is 32.1 Å². The maximum absolute atomic E-state index is 13.2. The van der Waals surface area contributed by atoms with Crippen molar-refractivity contribution >= 4 is 11.8 Å². The summed E-state index contributed by atoms with van der Waals surface area (Å²) in [6, 6.07) is 5.17. The SMILES string of the molecule is CNC(/C=C\C(=C/N)NC(=O)c1cc(C(=O)N2CCC(/C(C)=C/C=C(\C)N)CC2)ccc1C)CCO. The van der Waals surface area contributed by atoms with E-state index in [9.17, 15) is 9.59 Å². The van der Waals surface area contributed by atoms with Crippen LogP contribution in [0.1, 0.15) is 59.4 Å². The minimum atomic E-state index is -0.339. The summed E-state index contributed by atoms with van der Waals surface area (Å²) in [4.78, 5) is 28.1. The van der Waals surface area contributed by atoms with Crippen molar-refractivity contribution in [3.05, 3.63) is 82.4 Å². The molecular formula is C28H41N5O3. The van der Waals surface area contributed by atoms with Crippen LogP contribution in [0, 0.1) is 12.8 Å². The van der Waals surface area contributed by atoms with E-state index < -0.39 is 0 Å². The molecule has 0 bridgehead atoms. The van der Waals surface area contributed by atoms with Crippen molar-refractivity contribution in [3.8, 4) is 0 Å². The van der Waals surface area contributed by atoms with Gasteiger partial charge in [0, 0.05) is 48.8 Å². The first kappa shape index (κ1) is 28.9. The molecule has 36 heavy (non-hydrogen) atoms. The molecule has 0 spiro atoms. The summed E-state index contributed by atoms with van der Waals surface area (Å²) in [5.74, 6) is 0.0185. The van der Waals surface area contributed by atoms with Crippen LogP contribution in [0.5, 0.6) is 0 Å². The van der Waals surface area contributed by atoms with Crippen LogP contribution in [-0.2, 0) is 0 Å². The molecule has 1 aliphatic rings. The number of allylic oxidation sites excluding steroid dienone is 5. The third-order valence-electron chi connectivity index (χ3n) is 6.52. The number of likely N-dealkylation sites (tertiary alicyclic amines) is 1. The molecule has 0 saturated carbocycles. The molecule has 7 N–H and O–H groups in total. The second-order valence-electron chi connectivity index (χ2n) is 9.26. The number of benzene rings is 1. The summed E-state index contributed by atoms with van der Waals surface area (Å²) < 4.78 is 0. The number of aryl methyl sites for hydroxylation is 1. The third kappa shape index (κ3) is 8.39. The highest BCUT2D eigenvalue weighted by Crippen LogP contribution is 2.26. The Morgan fingerprint density at radius 3 is 2.50 bits per heavy atom. The molecule has 1 aliphatic heterocycles. The van der Waals surface area contributed by atoms with Crippen molar-refractivity contribution < 1.29 is 14.7 Å². The average Bonchev–Trinajstić information content (AvgIpc) is 2.88. The number of rotatable bonds is 10. The van der Waals surface area contributed by atoms with E-state index in [1.54, 1.807) is 31.3 Å². The fraction of sp³-hybridized carbons (Fsp3) is 0.429.